The number of nitrogens with zero attached hydrogens (tertiary/aromatic N) is 3. The predicted molar refractivity (Wildman–Crippen MR) is 33.2 cm³/mol. The van der Waals surface area contributed by atoms with Gasteiger partial charge in [-0.2, -0.15) is 0 Å². The summed E-state index contributed by atoms with van der Waals surface area (Å²) in [7, 11) is 0. The van der Waals surface area contributed by atoms with Gasteiger partial charge in [-0.25, -0.2) is 0 Å². The second-order valence-corrected chi connectivity index (χ2v) is 1.93. The van der Waals surface area contributed by atoms with Crippen LogP contribution in [0.15, 0.2) is 10.9 Å². The molecular weight excluding hydrogens is 219 g/mol. The standard InChI is InChI=1S/C6H4N3O.Y/c1-4-6-5(10-9-4)2-7-3-8-6;/h3H,1H3;/q-1;. The Kier molecular flexibility index (Phi) is 2.68. The van der Waals surface area contributed by atoms with Crippen molar-refractivity contribution in [2.75, 3.05) is 0 Å². The molecule has 0 amide bonds. The summed E-state index contributed by atoms with van der Waals surface area (Å²) in [6.07, 6.45) is 4.05. The van der Waals surface area contributed by atoms with E-state index in [1.165, 1.54) is 6.33 Å². The van der Waals surface area contributed by atoms with Crippen LogP contribution in [0, 0.1) is 13.1 Å². The minimum absolute atomic E-state index is 0. The molecule has 5 heteroatoms. The van der Waals surface area contributed by atoms with E-state index in [1.807, 2.05) is 6.92 Å². The normalized spacial score (nSPS) is 9.55. The zero-order valence-corrected chi connectivity index (χ0v) is 8.74. The van der Waals surface area contributed by atoms with Crippen molar-refractivity contribution < 1.29 is 37.2 Å². The van der Waals surface area contributed by atoms with E-state index in [4.69, 9.17) is 4.52 Å². The van der Waals surface area contributed by atoms with E-state index < -0.39 is 0 Å². The summed E-state index contributed by atoms with van der Waals surface area (Å²) < 4.78 is 4.82. The fourth-order valence-corrected chi connectivity index (χ4v) is 0.764. The molecule has 53 valence electrons. The van der Waals surface area contributed by atoms with Crippen LogP contribution in [0.5, 0.6) is 0 Å². The topological polar surface area (TPSA) is 51.8 Å². The van der Waals surface area contributed by atoms with E-state index in [0.717, 1.165) is 11.2 Å². The van der Waals surface area contributed by atoms with Gasteiger partial charge in [-0.05, 0) is 13.1 Å². The first-order valence-electron chi connectivity index (χ1n) is 2.82. The molecule has 0 saturated carbocycles. The van der Waals surface area contributed by atoms with E-state index in [-0.39, 0.29) is 32.7 Å². The Morgan fingerprint density at radius 3 is 3.09 bits per heavy atom. The van der Waals surface area contributed by atoms with Crippen molar-refractivity contribution in [2.45, 2.75) is 6.92 Å². The zero-order valence-electron chi connectivity index (χ0n) is 5.90. The smallest absolute Gasteiger partial charge is 0.0919 e. The molecule has 0 saturated heterocycles. The largest absolute Gasteiger partial charge is 0.381 e. The minimum Gasteiger partial charge on any atom is -0.381 e. The van der Waals surface area contributed by atoms with Gasteiger partial charge in [0.25, 0.3) is 0 Å². The molecule has 0 aliphatic rings. The molecule has 4 nitrogen and oxygen atoms in total. The van der Waals surface area contributed by atoms with Gasteiger partial charge in [0.1, 0.15) is 0 Å². The summed E-state index contributed by atoms with van der Waals surface area (Å²) in [4.78, 5) is 7.60. The van der Waals surface area contributed by atoms with Crippen molar-refractivity contribution in [3.05, 3.63) is 18.2 Å². The summed E-state index contributed by atoms with van der Waals surface area (Å²) in [6, 6.07) is 0. The predicted octanol–water partition coefficient (Wildman–Crippen LogP) is 0.724. The average molecular weight is 223 g/mol. The molecule has 11 heavy (non-hydrogen) atoms. The number of hydrogen-bond acceptors (Lipinski definition) is 4. The summed E-state index contributed by atoms with van der Waals surface area (Å²) >= 11 is 0. The van der Waals surface area contributed by atoms with Gasteiger partial charge in [0.2, 0.25) is 0 Å². The fraction of sp³-hybridized carbons (Fsp3) is 0.167. The minimum atomic E-state index is 0. The molecular formula is C6H4N3OY-. The van der Waals surface area contributed by atoms with Gasteiger partial charge in [0, 0.05) is 44.6 Å². The Hall–Kier alpha value is -0.346. The number of hydrogen-bond donors (Lipinski definition) is 0. The van der Waals surface area contributed by atoms with Gasteiger partial charge in [0.15, 0.2) is 0 Å². The Morgan fingerprint density at radius 1 is 1.55 bits per heavy atom. The van der Waals surface area contributed by atoms with Gasteiger partial charge in [-0.1, -0.05) is 5.16 Å². The monoisotopic (exact) mass is 223 g/mol. The van der Waals surface area contributed by atoms with Crippen molar-refractivity contribution in [3.8, 4) is 0 Å². The van der Waals surface area contributed by atoms with E-state index in [9.17, 15) is 0 Å². The second-order valence-electron chi connectivity index (χ2n) is 1.93. The fourth-order valence-electron chi connectivity index (χ4n) is 0.764. The van der Waals surface area contributed by atoms with Gasteiger partial charge in [-0.3, -0.25) is 0 Å². The van der Waals surface area contributed by atoms with Crippen LogP contribution in [0.1, 0.15) is 5.69 Å². The third-order valence-corrected chi connectivity index (χ3v) is 1.24. The third-order valence-electron chi connectivity index (χ3n) is 1.24. The van der Waals surface area contributed by atoms with Crippen LogP contribution in [-0.2, 0) is 32.7 Å². The van der Waals surface area contributed by atoms with Crippen LogP contribution in [0.25, 0.3) is 11.1 Å². The molecule has 2 aromatic rings. The summed E-state index contributed by atoms with van der Waals surface area (Å²) in [5.74, 6) is 0. The number of rotatable bonds is 0. The number of aromatic nitrogens is 3. The molecule has 1 radical (unpaired) electrons. The van der Waals surface area contributed by atoms with Crippen molar-refractivity contribution >= 4 is 11.1 Å². The van der Waals surface area contributed by atoms with Gasteiger partial charge >= 0.3 is 0 Å². The molecule has 0 unspecified atom stereocenters. The molecule has 0 aliphatic heterocycles. The first-order valence-corrected chi connectivity index (χ1v) is 2.82. The Bertz CT molecular complexity index is 359. The van der Waals surface area contributed by atoms with Crippen LogP contribution in [0.3, 0.4) is 0 Å². The van der Waals surface area contributed by atoms with Crippen molar-refractivity contribution in [2.24, 2.45) is 0 Å². The Labute approximate surface area is 88.3 Å². The molecule has 2 rings (SSSR count). The Balaban J connectivity index is 0.000000605. The van der Waals surface area contributed by atoms with E-state index in [2.05, 4.69) is 21.3 Å². The van der Waals surface area contributed by atoms with Crippen LogP contribution in [0.4, 0.5) is 0 Å². The molecule has 0 aliphatic carbocycles. The SMILES string of the molecule is Cc1noc2[c-]ncnc12.[Y]. The van der Waals surface area contributed by atoms with Crippen molar-refractivity contribution in [1.29, 1.82) is 0 Å². The maximum atomic E-state index is 4.82. The first kappa shape index (κ1) is 8.75. The maximum Gasteiger partial charge on any atom is 0.0919 e. The van der Waals surface area contributed by atoms with Gasteiger partial charge in [-0.15, -0.1) is 0 Å². The summed E-state index contributed by atoms with van der Waals surface area (Å²) in [5, 5.41) is 3.69. The molecule has 0 spiro atoms. The number of aryl methyl sites for hydroxylation is 1. The van der Waals surface area contributed by atoms with E-state index in [1.54, 1.807) is 0 Å². The second kappa shape index (κ2) is 3.37. The molecule has 2 aromatic heterocycles. The van der Waals surface area contributed by atoms with E-state index in [0.29, 0.717) is 5.58 Å². The van der Waals surface area contributed by atoms with Gasteiger partial charge < -0.3 is 14.5 Å². The molecule has 0 N–H and O–H groups in total. The summed E-state index contributed by atoms with van der Waals surface area (Å²) in [5.41, 5.74) is 2.02. The zero-order chi connectivity index (χ0) is 6.97. The molecule has 0 aromatic carbocycles. The quantitative estimate of drug-likeness (QED) is 0.617. The van der Waals surface area contributed by atoms with Crippen LogP contribution < -0.4 is 0 Å². The van der Waals surface area contributed by atoms with Crippen LogP contribution >= 0.6 is 0 Å². The molecule has 0 fully saturated rings. The van der Waals surface area contributed by atoms with E-state index >= 15 is 0 Å². The van der Waals surface area contributed by atoms with Gasteiger partial charge in [0.05, 0.1) is 11.3 Å². The van der Waals surface area contributed by atoms with Crippen LogP contribution in [0.2, 0.25) is 0 Å². The molecule has 0 atom stereocenters. The maximum absolute atomic E-state index is 4.82. The average Bonchev–Trinajstić information content (AvgIpc) is 2.34. The Morgan fingerprint density at radius 2 is 2.36 bits per heavy atom. The van der Waals surface area contributed by atoms with Crippen molar-refractivity contribution in [1.82, 2.24) is 15.1 Å². The molecule has 0 bridgehead atoms. The van der Waals surface area contributed by atoms with Crippen molar-refractivity contribution in [3.63, 3.8) is 0 Å². The van der Waals surface area contributed by atoms with Crippen LogP contribution in [-0.4, -0.2) is 15.1 Å². The third kappa shape index (κ3) is 1.46. The first-order chi connectivity index (χ1) is 4.88. The summed E-state index contributed by atoms with van der Waals surface area (Å²) in [6.45, 7) is 1.83. The molecule has 2 heterocycles. The number of fused-ring (bicyclic) bond motifs is 1.